The minimum Gasteiger partial charge on any atom is -0.343 e. The summed E-state index contributed by atoms with van der Waals surface area (Å²) in [6, 6.07) is 2.04. The van der Waals surface area contributed by atoms with Gasteiger partial charge in [-0.05, 0) is 19.8 Å². The average molecular weight is 264 g/mol. The van der Waals surface area contributed by atoms with E-state index in [4.69, 9.17) is 5.26 Å². The highest BCUT2D eigenvalue weighted by Crippen LogP contribution is 2.45. The fourth-order valence-corrected chi connectivity index (χ4v) is 1.12. The molecule has 0 aliphatic heterocycles. The average Bonchev–Trinajstić information content (AvgIpc) is 2.65. The first kappa shape index (κ1) is 8.78. The van der Waals surface area contributed by atoms with Crippen LogP contribution in [0.15, 0.2) is 0 Å². The summed E-state index contributed by atoms with van der Waals surface area (Å²) < 4.78 is 0.103. The van der Waals surface area contributed by atoms with Crippen LogP contribution < -0.4 is 5.32 Å². The van der Waals surface area contributed by atoms with E-state index in [0.717, 1.165) is 12.8 Å². The van der Waals surface area contributed by atoms with E-state index in [9.17, 15) is 4.79 Å². The number of nitrogens with zero attached hydrogens (tertiary/aromatic N) is 1. The van der Waals surface area contributed by atoms with E-state index in [1.807, 2.05) is 13.0 Å². The summed E-state index contributed by atoms with van der Waals surface area (Å²) in [5, 5.41) is 11.3. The third-order valence-corrected chi connectivity index (χ3v) is 2.04. The number of amides is 1. The zero-order valence-electron chi connectivity index (χ0n) is 6.22. The van der Waals surface area contributed by atoms with Crippen LogP contribution in [0.3, 0.4) is 0 Å². The van der Waals surface area contributed by atoms with E-state index in [-0.39, 0.29) is 9.96 Å². The zero-order chi connectivity index (χ0) is 8.48. The molecule has 60 valence electrons. The maximum atomic E-state index is 11.2. The van der Waals surface area contributed by atoms with Gasteiger partial charge in [-0.2, -0.15) is 5.26 Å². The van der Waals surface area contributed by atoms with Crippen LogP contribution in [0.1, 0.15) is 19.8 Å². The van der Waals surface area contributed by atoms with E-state index in [1.165, 1.54) is 0 Å². The molecule has 0 heterocycles. The molecule has 11 heavy (non-hydrogen) atoms. The topological polar surface area (TPSA) is 52.9 Å². The Bertz CT molecular complexity index is 215. The van der Waals surface area contributed by atoms with Crippen molar-refractivity contribution in [1.29, 1.82) is 5.26 Å². The van der Waals surface area contributed by atoms with Gasteiger partial charge in [0.25, 0.3) is 0 Å². The van der Waals surface area contributed by atoms with Gasteiger partial charge in [-0.3, -0.25) is 4.79 Å². The molecule has 1 aliphatic carbocycles. The van der Waals surface area contributed by atoms with Crippen LogP contribution in [0.4, 0.5) is 0 Å². The Hall–Kier alpha value is -0.310. The first-order chi connectivity index (χ1) is 5.10. The fraction of sp³-hybridized carbons (Fsp3) is 0.714. The molecule has 0 bridgehead atoms. The number of rotatable bonds is 2. The second kappa shape index (κ2) is 2.97. The van der Waals surface area contributed by atoms with Gasteiger partial charge in [0.05, 0.1) is 10.1 Å². The maximum Gasteiger partial charge on any atom is 0.241 e. The first-order valence-corrected chi connectivity index (χ1v) is 4.71. The summed E-state index contributed by atoms with van der Waals surface area (Å²) in [5.41, 5.74) is -0.667. The van der Waals surface area contributed by atoms with Crippen LogP contribution in [0, 0.1) is 16.7 Å². The Labute approximate surface area is 79.3 Å². The quantitative estimate of drug-likeness (QED) is 0.462. The van der Waals surface area contributed by atoms with Crippen molar-refractivity contribution in [3.8, 4) is 6.07 Å². The van der Waals surface area contributed by atoms with Crippen LogP contribution in [0.25, 0.3) is 0 Å². The number of hydrogen-bond acceptors (Lipinski definition) is 2. The van der Waals surface area contributed by atoms with Crippen molar-refractivity contribution in [3.05, 3.63) is 0 Å². The van der Waals surface area contributed by atoms with E-state index < -0.39 is 5.41 Å². The molecule has 4 heteroatoms. The molecule has 0 aromatic heterocycles. The lowest BCUT2D eigenvalue weighted by Gasteiger charge is -2.09. The number of nitriles is 1. The Morgan fingerprint density at radius 3 is 2.64 bits per heavy atom. The SMILES string of the molecule is C[C@@H](I)NC(=O)C1(C#N)CC1. The van der Waals surface area contributed by atoms with Crippen LogP contribution in [0.5, 0.6) is 0 Å². The van der Waals surface area contributed by atoms with Crippen molar-refractivity contribution in [2.45, 2.75) is 23.8 Å². The third kappa shape index (κ3) is 1.83. The summed E-state index contributed by atoms with van der Waals surface area (Å²) in [4.78, 5) is 11.2. The molecule has 0 spiro atoms. The normalized spacial score (nSPS) is 21.5. The molecule has 1 saturated carbocycles. The molecule has 1 atom stereocenters. The summed E-state index contributed by atoms with van der Waals surface area (Å²) in [5.74, 6) is -0.109. The highest BCUT2D eigenvalue weighted by Gasteiger charge is 2.50. The molecular formula is C7H9IN2O. The monoisotopic (exact) mass is 264 g/mol. The van der Waals surface area contributed by atoms with Gasteiger partial charge in [-0.15, -0.1) is 0 Å². The molecule has 1 rings (SSSR count). The molecule has 1 amide bonds. The number of nitrogens with one attached hydrogen (secondary N) is 1. The third-order valence-electron chi connectivity index (χ3n) is 1.73. The summed E-state index contributed by atoms with van der Waals surface area (Å²) in [6.07, 6.45) is 1.44. The van der Waals surface area contributed by atoms with Crippen molar-refractivity contribution in [2.75, 3.05) is 0 Å². The molecule has 0 radical (unpaired) electrons. The summed E-state index contributed by atoms with van der Waals surface area (Å²) in [7, 11) is 0. The Morgan fingerprint density at radius 1 is 1.82 bits per heavy atom. The number of halogens is 1. The number of alkyl halides is 1. The lowest BCUT2D eigenvalue weighted by atomic mass is 10.1. The Kier molecular flexibility index (Phi) is 2.37. The van der Waals surface area contributed by atoms with Gasteiger partial charge < -0.3 is 5.32 Å². The molecule has 1 N–H and O–H groups in total. The van der Waals surface area contributed by atoms with Crippen LogP contribution in [0.2, 0.25) is 0 Å². The fourth-order valence-electron chi connectivity index (χ4n) is 0.833. The predicted octanol–water partition coefficient (Wildman–Crippen LogP) is 1.19. The van der Waals surface area contributed by atoms with Gasteiger partial charge in [0.1, 0.15) is 5.41 Å². The molecule has 1 aliphatic rings. The molecule has 0 aromatic carbocycles. The number of hydrogen-bond donors (Lipinski definition) is 1. The van der Waals surface area contributed by atoms with Crippen molar-refractivity contribution >= 4 is 28.5 Å². The Balaban J connectivity index is 2.50. The number of carbonyl (C=O) groups is 1. The molecule has 0 aromatic rings. The van der Waals surface area contributed by atoms with E-state index in [0.29, 0.717) is 0 Å². The second-order valence-electron chi connectivity index (χ2n) is 2.78. The molecule has 1 fully saturated rings. The second-order valence-corrected chi connectivity index (χ2v) is 4.65. The maximum absolute atomic E-state index is 11.2. The van der Waals surface area contributed by atoms with Crippen molar-refractivity contribution in [2.24, 2.45) is 5.41 Å². The summed E-state index contributed by atoms with van der Waals surface area (Å²) in [6.45, 7) is 1.88. The summed E-state index contributed by atoms with van der Waals surface area (Å²) >= 11 is 2.10. The van der Waals surface area contributed by atoms with Gasteiger partial charge in [0.15, 0.2) is 0 Å². The largest absolute Gasteiger partial charge is 0.343 e. The minimum absolute atomic E-state index is 0.103. The van der Waals surface area contributed by atoms with Crippen molar-refractivity contribution < 1.29 is 4.79 Å². The lowest BCUT2D eigenvalue weighted by molar-refractivity contribution is -0.124. The minimum atomic E-state index is -0.667. The van der Waals surface area contributed by atoms with Gasteiger partial charge in [0.2, 0.25) is 5.91 Å². The Morgan fingerprint density at radius 2 is 2.36 bits per heavy atom. The van der Waals surface area contributed by atoms with E-state index in [2.05, 4.69) is 27.9 Å². The van der Waals surface area contributed by atoms with Crippen LogP contribution in [-0.4, -0.2) is 9.96 Å². The van der Waals surface area contributed by atoms with Crippen molar-refractivity contribution in [1.82, 2.24) is 5.32 Å². The van der Waals surface area contributed by atoms with Gasteiger partial charge >= 0.3 is 0 Å². The number of carbonyl (C=O) groups excluding carboxylic acids is 1. The van der Waals surface area contributed by atoms with Gasteiger partial charge in [0, 0.05) is 0 Å². The highest BCUT2D eigenvalue weighted by atomic mass is 127. The molecular weight excluding hydrogens is 255 g/mol. The lowest BCUT2D eigenvalue weighted by Crippen LogP contribution is -2.34. The molecule has 3 nitrogen and oxygen atoms in total. The van der Waals surface area contributed by atoms with Gasteiger partial charge in [-0.25, -0.2) is 0 Å². The predicted molar refractivity (Wildman–Crippen MR) is 48.9 cm³/mol. The van der Waals surface area contributed by atoms with Crippen LogP contribution >= 0.6 is 22.6 Å². The molecule has 0 saturated heterocycles. The smallest absolute Gasteiger partial charge is 0.241 e. The van der Waals surface area contributed by atoms with E-state index in [1.54, 1.807) is 0 Å². The standard InChI is InChI=1S/C7H9IN2O/c1-5(8)10-6(11)7(4-9)2-3-7/h5H,2-3H2,1H3,(H,10,11)/t5-/m0/s1. The van der Waals surface area contributed by atoms with Crippen LogP contribution in [-0.2, 0) is 4.79 Å². The van der Waals surface area contributed by atoms with Gasteiger partial charge in [-0.1, -0.05) is 22.6 Å². The highest BCUT2D eigenvalue weighted by molar-refractivity contribution is 14.1. The first-order valence-electron chi connectivity index (χ1n) is 3.47. The zero-order valence-corrected chi connectivity index (χ0v) is 8.38. The van der Waals surface area contributed by atoms with E-state index >= 15 is 0 Å². The van der Waals surface area contributed by atoms with Crippen molar-refractivity contribution in [3.63, 3.8) is 0 Å². The molecule has 0 unspecified atom stereocenters.